The fourth-order valence-electron chi connectivity index (χ4n) is 2.25. The summed E-state index contributed by atoms with van der Waals surface area (Å²) in [5, 5.41) is 1.48. The van der Waals surface area contributed by atoms with Gasteiger partial charge < -0.3 is 0 Å². The van der Waals surface area contributed by atoms with Gasteiger partial charge in [-0.05, 0) is 35.2 Å². The van der Waals surface area contributed by atoms with E-state index in [1.807, 2.05) is 0 Å². The van der Waals surface area contributed by atoms with E-state index in [1.54, 1.807) is 0 Å². The second-order valence-electron chi connectivity index (χ2n) is 7.90. The highest BCUT2D eigenvalue weighted by molar-refractivity contribution is 6.88. The standard InChI is InChI=1S/C21H26Si/c1-21(2,3)19-13-9-17(10-14-19)7-8-18-11-15-20(16-12-18)22(4,5)6/h9-16H,1-6H3. The molecule has 0 heterocycles. The summed E-state index contributed by atoms with van der Waals surface area (Å²) in [6.45, 7) is 13.8. The van der Waals surface area contributed by atoms with E-state index in [2.05, 4.69) is 101 Å². The van der Waals surface area contributed by atoms with Crippen LogP contribution < -0.4 is 5.19 Å². The predicted octanol–water partition coefficient (Wildman–Crippen LogP) is 4.93. The Morgan fingerprint density at radius 1 is 0.682 bits per heavy atom. The molecule has 2 aromatic carbocycles. The van der Waals surface area contributed by atoms with Crippen LogP contribution in [0.25, 0.3) is 0 Å². The maximum Gasteiger partial charge on any atom is 0.0775 e. The summed E-state index contributed by atoms with van der Waals surface area (Å²) in [5.74, 6) is 6.52. The zero-order chi connectivity index (χ0) is 16.4. The third-order valence-corrected chi connectivity index (χ3v) is 5.92. The van der Waals surface area contributed by atoms with Crippen LogP contribution in [0.5, 0.6) is 0 Å². The SMILES string of the molecule is CC(C)(C)c1ccc(C#Cc2ccc([Si](C)(C)C)cc2)cc1. The van der Waals surface area contributed by atoms with Gasteiger partial charge in [0.15, 0.2) is 0 Å². The first kappa shape index (κ1) is 16.6. The van der Waals surface area contributed by atoms with Gasteiger partial charge in [0.25, 0.3) is 0 Å². The molecular weight excluding hydrogens is 280 g/mol. The highest BCUT2D eigenvalue weighted by Crippen LogP contribution is 2.21. The molecule has 0 bridgehead atoms. The minimum Gasteiger partial charge on any atom is -0.0656 e. The molecule has 0 saturated heterocycles. The molecule has 0 radical (unpaired) electrons. The summed E-state index contributed by atoms with van der Waals surface area (Å²) < 4.78 is 0. The molecule has 0 nitrogen and oxygen atoms in total. The maximum absolute atomic E-state index is 3.26. The van der Waals surface area contributed by atoms with E-state index in [9.17, 15) is 0 Å². The Hall–Kier alpha value is -1.78. The van der Waals surface area contributed by atoms with E-state index in [1.165, 1.54) is 10.8 Å². The van der Waals surface area contributed by atoms with E-state index in [-0.39, 0.29) is 5.41 Å². The molecule has 0 aliphatic carbocycles. The Bertz CT molecular complexity index is 620. The molecule has 2 rings (SSSR count). The summed E-state index contributed by atoms with van der Waals surface area (Å²) in [7, 11) is -1.22. The van der Waals surface area contributed by atoms with Crippen molar-refractivity contribution in [3.63, 3.8) is 0 Å². The van der Waals surface area contributed by atoms with E-state index in [0.29, 0.717) is 0 Å². The van der Waals surface area contributed by atoms with Crippen molar-refractivity contribution >= 4 is 13.3 Å². The van der Waals surface area contributed by atoms with Crippen LogP contribution >= 0.6 is 0 Å². The normalized spacial score (nSPS) is 11.7. The lowest BCUT2D eigenvalue weighted by atomic mass is 9.87. The van der Waals surface area contributed by atoms with Crippen molar-refractivity contribution in [1.82, 2.24) is 0 Å². The van der Waals surface area contributed by atoms with Crippen molar-refractivity contribution in [3.8, 4) is 11.8 Å². The second-order valence-corrected chi connectivity index (χ2v) is 13.0. The highest BCUT2D eigenvalue weighted by Gasteiger charge is 2.15. The van der Waals surface area contributed by atoms with Crippen LogP contribution in [0.2, 0.25) is 19.6 Å². The monoisotopic (exact) mass is 306 g/mol. The van der Waals surface area contributed by atoms with Gasteiger partial charge in [0.2, 0.25) is 0 Å². The van der Waals surface area contributed by atoms with Crippen molar-refractivity contribution in [2.24, 2.45) is 0 Å². The van der Waals surface area contributed by atoms with Gasteiger partial charge in [0, 0.05) is 11.1 Å². The molecule has 0 spiro atoms. The number of hydrogen-bond acceptors (Lipinski definition) is 0. The topological polar surface area (TPSA) is 0 Å². The lowest BCUT2D eigenvalue weighted by molar-refractivity contribution is 0.590. The molecule has 2 aromatic rings. The first-order valence-electron chi connectivity index (χ1n) is 7.89. The van der Waals surface area contributed by atoms with Crippen LogP contribution in [-0.2, 0) is 5.41 Å². The van der Waals surface area contributed by atoms with E-state index in [0.717, 1.165) is 11.1 Å². The minimum atomic E-state index is -1.22. The fourth-order valence-corrected chi connectivity index (χ4v) is 3.42. The van der Waals surface area contributed by atoms with Gasteiger partial charge in [-0.15, -0.1) is 0 Å². The van der Waals surface area contributed by atoms with Crippen molar-refractivity contribution < 1.29 is 0 Å². The Morgan fingerprint density at radius 2 is 1.09 bits per heavy atom. The average Bonchev–Trinajstić information content (AvgIpc) is 2.44. The zero-order valence-electron chi connectivity index (χ0n) is 14.6. The molecule has 0 amide bonds. The van der Waals surface area contributed by atoms with Crippen molar-refractivity contribution in [2.45, 2.75) is 45.8 Å². The maximum atomic E-state index is 3.26. The van der Waals surface area contributed by atoms with E-state index >= 15 is 0 Å². The first-order chi connectivity index (χ1) is 10.2. The Labute approximate surface area is 136 Å². The first-order valence-corrected chi connectivity index (χ1v) is 11.4. The number of hydrogen-bond donors (Lipinski definition) is 0. The average molecular weight is 307 g/mol. The van der Waals surface area contributed by atoms with Crippen molar-refractivity contribution in [3.05, 3.63) is 65.2 Å². The van der Waals surface area contributed by atoms with Gasteiger partial charge in [-0.2, -0.15) is 0 Å². The smallest absolute Gasteiger partial charge is 0.0656 e. The Kier molecular flexibility index (Phi) is 4.63. The van der Waals surface area contributed by atoms with Crippen molar-refractivity contribution in [2.75, 3.05) is 0 Å². The lowest BCUT2D eigenvalue weighted by Crippen LogP contribution is -2.37. The molecule has 0 saturated carbocycles. The largest absolute Gasteiger partial charge is 0.0775 e. The molecule has 0 atom stereocenters. The van der Waals surface area contributed by atoms with Crippen LogP contribution in [0.4, 0.5) is 0 Å². The van der Waals surface area contributed by atoms with Crippen molar-refractivity contribution in [1.29, 1.82) is 0 Å². The van der Waals surface area contributed by atoms with Gasteiger partial charge >= 0.3 is 0 Å². The summed E-state index contributed by atoms with van der Waals surface area (Å²) in [5.41, 5.74) is 3.69. The highest BCUT2D eigenvalue weighted by atomic mass is 28.3. The summed E-state index contributed by atoms with van der Waals surface area (Å²) in [6, 6.07) is 17.3. The van der Waals surface area contributed by atoms with Gasteiger partial charge in [-0.25, -0.2) is 0 Å². The summed E-state index contributed by atoms with van der Waals surface area (Å²) in [4.78, 5) is 0. The van der Waals surface area contributed by atoms with E-state index in [4.69, 9.17) is 0 Å². The Balaban J connectivity index is 2.17. The quantitative estimate of drug-likeness (QED) is 0.518. The molecule has 0 unspecified atom stereocenters. The van der Waals surface area contributed by atoms with Gasteiger partial charge in [-0.1, -0.05) is 81.7 Å². The molecule has 0 aliphatic heterocycles. The third-order valence-electron chi connectivity index (χ3n) is 3.85. The molecule has 0 fully saturated rings. The van der Waals surface area contributed by atoms with Gasteiger partial charge in [0.05, 0.1) is 8.07 Å². The molecule has 0 N–H and O–H groups in total. The number of rotatable bonds is 1. The minimum absolute atomic E-state index is 0.193. The lowest BCUT2D eigenvalue weighted by Gasteiger charge is -2.18. The molecule has 0 aliphatic rings. The molecule has 0 aromatic heterocycles. The zero-order valence-corrected chi connectivity index (χ0v) is 15.6. The Morgan fingerprint density at radius 3 is 1.45 bits per heavy atom. The van der Waals surface area contributed by atoms with E-state index < -0.39 is 8.07 Å². The molecule has 1 heteroatoms. The second kappa shape index (κ2) is 6.14. The fraction of sp³-hybridized carbons (Fsp3) is 0.333. The van der Waals surface area contributed by atoms with Gasteiger partial charge in [-0.3, -0.25) is 0 Å². The van der Waals surface area contributed by atoms with Crippen LogP contribution in [0, 0.1) is 11.8 Å². The third kappa shape index (κ3) is 4.35. The molecular formula is C21H26Si. The van der Waals surface area contributed by atoms with Crippen LogP contribution in [0.15, 0.2) is 48.5 Å². The summed E-state index contributed by atoms with van der Waals surface area (Å²) in [6.07, 6.45) is 0. The van der Waals surface area contributed by atoms with Crippen LogP contribution in [0.3, 0.4) is 0 Å². The van der Waals surface area contributed by atoms with Gasteiger partial charge in [0.1, 0.15) is 0 Å². The van der Waals surface area contributed by atoms with Crippen LogP contribution in [-0.4, -0.2) is 8.07 Å². The molecule has 22 heavy (non-hydrogen) atoms. The summed E-state index contributed by atoms with van der Waals surface area (Å²) >= 11 is 0. The number of benzene rings is 2. The molecule has 114 valence electrons. The predicted molar refractivity (Wildman–Crippen MR) is 101 cm³/mol. The van der Waals surface area contributed by atoms with Crippen LogP contribution in [0.1, 0.15) is 37.5 Å².